The van der Waals surface area contributed by atoms with Gasteiger partial charge in [0.2, 0.25) is 5.28 Å². The maximum Gasteiger partial charge on any atom is 0.224 e. The highest BCUT2D eigenvalue weighted by Crippen LogP contribution is 2.25. The molecule has 2 rings (SSSR count). The van der Waals surface area contributed by atoms with Gasteiger partial charge in [0.25, 0.3) is 0 Å². The van der Waals surface area contributed by atoms with E-state index in [0.29, 0.717) is 13.0 Å². The Morgan fingerprint density at radius 3 is 2.66 bits per heavy atom. The Kier molecular flexibility index (Phi) is 10.8. The van der Waals surface area contributed by atoms with Crippen molar-refractivity contribution in [2.75, 3.05) is 18.4 Å². The number of allylic oxidation sites excluding steroid dienone is 3. The van der Waals surface area contributed by atoms with Crippen LogP contribution in [0.1, 0.15) is 47.5 Å². The molecule has 1 atom stereocenters. The zero-order valence-electron chi connectivity index (χ0n) is 18.1. The monoisotopic (exact) mass is 413 g/mol. The zero-order chi connectivity index (χ0) is 21.7. The normalized spacial score (nSPS) is 13.3. The maximum absolute atomic E-state index is 9.42. The first-order chi connectivity index (χ1) is 14.0. The van der Waals surface area contributed by atoms with Gasteiger partial charge in [0.1, 0.15) is 5.82 Å². The molecular formula is C23H32ClN5. The number of hydrogen-bond donors (Lipinski definition) is 2. The molecule has 2 aromatic rings. The summed E-state index contributed by atoms with van der Waals surface area (Å²) in [7, 11) is 0. The number of rotatable bonds is 9. The molecule has 0 saturated carbocycles. The third-order valence-corrected chi connectivity index (χ3v) is 4.46. The number of aromatic nitrogens is 2. The van der Waals surface area contributed by atoms with Crippen molar-refractivity contribution in [3.8, 4) is 6.07 Å². The van der Waals surface area contributed by atoms with E-state index < -0.39 is 5.41 Å². The van der Waals surface area contributed by atoms with Crippen molar-refractivity contribution in [1.82, 2.24) is 15.3 Å². The number of nitrogens with zero attached hydrogens (tertiary/aromatic N) is 3. The van der Waals surface area contributed by atoms with Gasteiger partial charge in [-0.3, -0.25) is 0 Å². The first-order valence-electron chi connectivity index (χ1n) is 10.1. The Morgan fingerprint density at radius 2 is 1.97 bits per heavy atom. The maximum atomic E-state index is 9.42. The summed E-state index contributed by atoms with van der Waals surface area (Å²) in [6.07, 6.45) is 7.60. The number of fused-ring (bicyclic) bond motifs is 1. The van der Waals surface area contributed by atoms with Crippen LogP contribution in [0.2, 0.25) is 5.28 Å². The van der Waals surface area contributed by atoms with E-state index in [1.54, 1.807) is 0 Å². The Bertz CT molecular complexity index is 869. The van der Waals surface area contributed by atoms with E-state index in [1.807, 2.05) is 57.3 Å². The molecule has 0 amide bonds. The van der Waals surface area contributed by atoms with Gasteiger partial charge in [-0.05, 0) is 56.6 Å². The molecule has 0 bridgehead atoms. The highest BCUT2D eigenvalue weighted by atomic mass is 35.5. The highest BCUT2D eigenvalue weighted by Gasteiger charge is 2.18. The summed E-state index contributed by atoms with van der Waals surface area (Å²) in [4.78, 5) is 8.49. The van der Waals surface area contributed by atoms with Crippen molar-refractivity contribution >= 4 is 28.3 Å². The van der Waals surface area contributed by atoms with Crippen LogP contribution >= 0.6 is 11.6 Å². The van der Waals surface area contributed by atoms with Crippen LogP contribution in [0.15, 0.2) is 48.2 Å². The van der Waals surface area contributed by atoms with Crippen molar-refractivity contribution in [1.29, 1.82) is 5.26 Å². The van der Waals surface area contributed by atoms with Crippen LogP contribution in [0, 0.1) is 16.7 Å². The van der Waals surface area contributed by atoms with Gasteiger partial charge in [0.05, 0.1) is 17.0 Å². The minimum absolute atomic E-state index is 0.232. The first kappa shape index (κ1) is 24.5. The number of anilines is 1. The number of nitriles is 1. The second kappa shape index (κ2) is 12.8. The van der Waals surface area contributed by atoms with Gasteiger partial charge in [-0.1, -0.05) is 50.6 Å². The quantitative estimate of drug-likeness (QED) is 0.295. The summed E-state index contributed by atoms with van der Waals surface area (Å²) in [5.41, 5.74) is 1.59. The highest BCUT2D eigenvalue weighted by molar-refractivity contribution is 6.28. The lowest BCUT2D eigenvalue weighted by atomic mass is 9.86. The number of hydrogen-bond acceptors (Lipinski definition) is 5. The van der Waals surface area contributed by atoms with Crippen molar-refractivity contribution < 1.29 is 0 Å². The predicted octanol–water partition coefficient (Wildman–Crippen LogP) is 6.10. The summed E-state index contributed by atoms with van der Waals surface area (Å²) in [5, 5.41) is 17.1. The van der Waals surface area contributed by atoms with Gasteiger partial charge in [0.15, 0.2) is 0 Å². The lowest BCUT2D eigenvalue weighted by molar-refractivity contribution is 0.570. The zero-order valence-corrected chi connectivity index (χ0v) is 18.8. The van der Waals surface area contributed by atoms with Crippen molar-refractivity contribution in [3.63, 3.8) is 0 Å². The topological polar surface area (TPSA) is 73.6 Å². The van der Waals surface area contributed by atoms with Crippen LogP contribution in [0.25, 0.3) is 10.9 Å². The van der Waals surface area contributed by atoms with Gasteiger partial charge < -0.3 is 10.6 Å². The molecule has 1 aromatic carbocycles. The van der Waals surface area contributed by atoms with Crippen LogP contribution in [-0.4, -0.2) is 23.1 Å². The van der Waals surface area contributed by atoms with E-state index in [0.717, 1.165) is 29.7 Å². The van der Waals surface area contributed by atoms with E-state index in [9.17, 15) is 5.26 Å². The van der Waals surface area contributed by atoms with E-state index in [4.69, 9.17) is 11.6 Å². The summed E-state index contributed by atoms with van der Waals surface area (Å²) in [5.74, 6) is 0.730. The van der Waals surface area contributed by atoms with Crippen molar-refractivity contribution in [2.24, 2.45) is 5.41 Å². The van der Waals surface area contributed by atoms with Crippen molar-refractivity contribution in [3.05, 3.63) is 53.5 Å². The predicted molar refractivity (Wildman–Crippen MR) is 124 cm³/mol. The van der Waals surface area contributed by atoms with Crippen molar-refractivity contribution in [2.45, 2.75) is 47.5 Å². The molecule has 6 heteroatoms. The second-order valence-corrected chi connectivity index (χ2v) is 7.06. The van der Waals surface area contributed by atoms with Crippen LogP contribution in [0.5, 0.6) is 0 Å². The van der Waals surface area contributed by atoms with Gasteiger partial charge in [-0.2, -0.15) is 5.26 Å². The molecule has 0 aliphatic carbocycles. The number of halogens is 1. The fourth-order valence-electron chi connectivity index (χ4n) is 2.69. The minimum Gasteiger partial charge on any atom is -0.389 e. The smallest absolute Gasteiger partial charge is 0.224 e. The average Bonchev–Trinajstić information content (AvgIpc) is 2.74. The van der Waals surface area contributed by atoms with Gasteiger partial charge >= 0.3 is 0 Å². The fourth-order valence-corrected chi connectivity index (χ4v) is 2.86. The van der Waals surface area contributed by atoms with E-state index >= 15 is 0 Å². The molecule has 156 valence electrons. The molecule has 0 aliphatic rings. The molecule has 5 nitrogen and oxygen atoms in total. The Labute approximate surface area is 179 Å². The molecule has 0 aliphatic heterocycles. The molecule has 2 N–H and O–H groups in total. The molecular weight excluding hydrogens is 382 g/mol. The lowest BCUT2D eigenvalue weighted by Gasteiger charge is -2.16. The molecule has 1 unspecified atom stereocenters. The number of para-hydroxylation sites is 1. The Balaban J connectivity index is 0.00000204. The number of nitrogens with one attached hydrogen (secondary N) is 2. The molecule has 0 saturated heterocycles. The molecule has 0 fully saturated rings. The van der Waals surface area contributed by atoms with E-state index in [1.165, 1.54) is 5.57 Å². The third kappa shape index (κ3) is 8.13. The summed E-state index contributed by atoms with van der Waals surface area (Å²) < 4.78 is 0. The van der Waals surface area contributed by atoms with E-state index in [-0.39, 0.29) is 5.28 Å². The molecule has 0 spiro atoms. The number of benzene rings is 1. The Hall–Kier alpha value is -2.58. The van der Waals surface area contributed by atoms with Crippen LogP contribution in [-0.2, 0) is 0 Å². The SMILES string of the molecule is CC.CC/C(C)=C/C(C)(C#N)C/C=C/NCCNc1nc(Cl)nc2ccccc12. The van der Waals surface area contributed by atoms with Crippen LogP contribution in [0.3, 0.4) is 0 Å². The Morgan fingerprint density at radius 1 is 1.24 bits per heavy atom. The second-order valence-electron chi connectivity index (χ2n) is 6.72. The van der Waals surface area contributed by atoms with Crippen LogP contribution < -0.4 is 10.6 Å². The fraction of sp³-hybridized carbons (Fsp3) is 0.435. The summed E-state index contributed by atoms with van der Waals surface area (Å²) in [6, 6.07) is 10.2. The molecule has 1 aromatic heterocycles. The molecule has 0 radical (unpaired) electrons. The first-order valence-corrected chi connectivity index (χ1v) is 10.5. The minimum atomic E-state index is -0.465. The molecule has 29 heavy (non-hydrogen) atoms. The largest absolute Gasteiger partial charge is 0.389 e. The van der Waals surface area contributed by atoms with Gasteiger partial charge in [-0.25, -0.2) is 9.97 Å². The molecule has 1 heterocycles. The van der Waals surface area contributed by atoms with Gasteiger partial charge in [-0.15, -0.1) is 0 Å². The summed E-state index contributed by atoms with van der Waals surface area (Å²) in [6.45, 7) is 11.5. The van der Waals surface area contributed by atoms with Crippen LogP contribution in [0.4, 0.5) is 5.82 Å². The average molecular weight is 414 g/mol. The lowest BCUT2D eigenvalue weighted by Crippen LogP contribution is -2.18. The van der Waals surface area contributed by atoms with Gasteiger partial charge in [0, 0.05) is 18.5 Å². The third-order valence-electron chi connectivity index (χ3n) is 4.29. The standard InChI is InChI=1S/C21H26ClN5.C2H6/c1-4-16(2)14-21(3,15-23)10-7-11-24-12-13-25-19-17-8-5-6-9-18(17)26-20(22)27-19;1-2/h5-9,11,14,24H,4,10,12-13H2,1-3H3,(H,25,26,27);1-2H3/b11-7+,16-14+;. The summed E-state index contributed by atoms with van der Waals surface area (Å²) >= 11 is 5.99. The van der Waals surface area contributed by atoms with E-state index in [2.05, 4.69) is 46.6 Å².